The average molecular weight is 194 g/mol. The third-order valence-corrected chi connectivity index (χ3v) is 2.19. The zero-order valence-corrected chi connectivity index (χ0v) is 8.16. The van der Waals surface area contributed by atoms with E-state index in [-0.39, 0.29) is 6.03 Å². The highest BCUT2D eigenvalue weighted by Crippen LogP contribution is 2.18. The molecule has 0 unspecified atom stereocenters. The van der Waals surface area contributed by atoms with E-state index in [2.05, 4.69) is 15.3 Å². The average Bonchev–Trinajstić information content (AvgIpc) is 2.81. The summed E-state index contributed by atoms with van der Waals surface area (Å²) in [6.07, 6.45) is 5.66. The van der Waals surface area contributed by atoms with Crippen molar-refractivity contribution in [3.05, 3.63) is 18.2 Å². The first-order valence-corrected chi connectivity index (χ1v) is 4.75. The zero-order valence-electron chi connectivity index (χ0n) is 8.16. The highest BCUT2D eigenvalue weighted by atomic mass is 16.2. The Bertz CT molecular complexity index is 305. The molecule has 0 aromatic carbocycles. The first-order chi connectivity index (χ1) is 6.75. The third-order valence-electron chi connectivity index (χ3n) is 2.19. The van der Waals surface area contributed by atoms with Gasteiger partial charge in [0.2, 0.25) is 0 Å². The van der Waals surface area contributed by atoms with Gasteiger partial charge in [0.05, 0.1) is 6.54 Å². The molecule has 0 atom stereocenters. The monoisotopic (exact) mass is 194 g/mol. The quantitative estimate of drug-likeness (QED) is 0.744. The molecule has 76 valence electrons. The van der Waals surface area contributed by atoms with Crippen LogP contribution >= 0.6 is 0 Å². The lowest BCUT2D eigenvalue weighted by Gasteiger charge is -2.16. The van der Waals surface area contributed by atoms with Gasteiger partial charge in [-0.2, -0.15) is 0 Å². The summed E-state index contributed by atoms with van der Waals surface area (Å²) in [5, 5.41) is 2.91. The number of hydrogen-bond acceptors (Lipinski definition) is 2. The first-order valence-electron chi connectivity index (χ1n) is 4.75. The van der Waals surface area contributed by atoms with Gasteiger partial charge >= 0.3 is 6.03 Å². The highest BCUT2D eigenvalue weighted by Gasteiger charge is 2.24. The Morgan fingerprint density at radius 2 is 2.57 bits per heavy atom. The fourth-order valence-corrected chi connectivity index (χ4v) is 1.19. The van der Waals surface area contributed by atoms with Crippen LogP contribution in [0.4, 0.5) is 4.79 Å². The molecule has 2 amide bonds. The molecule has 1 heterocycles. The van der Waals surface area contributed by atoms with Crippen LogP contribution in [0.5, 0.6) is 0 Å². The number of aromatic amines is 1. The number of hydrogen-bond donors (Lipinski definition) is 2. The number of nitrogens with zero attached hydrogens (tertiary/aromatic N) is 2. The zero-order chi connectivity index (χ0) is 9.97. The van der Waals surface area contributed by atoms with Gasteiger partial charge in [0.1, 0.15) is 5.82 Å². The van der Waals surface area contributed by atoms with Crippen LogP contribution < -0.4 is 5.32 Å². The van der Waals surface area contributed by atoms with Crippen molar-refractivity contribution in [3.63, 3.8) is 0 Å². The van der Waals surface area contributed by atoms with Crippen molar-refractivity contribution in [2.75, 3.05) is 7.05 Å². The van der Waals surface area contributed by atoms with Crippen LogP contribution in [0.15, 0.2) is 12.4 Å². The molecule has 5 nitrogen and oxygen atoms in total. The molecular weight excluding hydrogens is 180 g/mol. The Morgan fingerprint density at radius 3 is 3.14 bits per heavy atom. The number of H-pyrrole nitrogens is 1. The molecule has 1 fully saturated rings. The van der Waals surface area contributed by atoms with Crippen LogP contribution in [-0.4, -0.2) is 34.0 Å². The van der Waals surface area contributed by atoms with Crippen LogP contribution in [0, 0.1) is 0 Å². The van der Waals surface area contributed by atoms with Crippen LogP contribution in [0.1, 0.15) is 18.7 Å². The van der Waals surface area contributed by atoms with E-state index in [0.29, 0.717) is 12.6 Å². The van der Waals surface area contributed by atoms with Gasteiger partial charge in [0, 0.05) is 25.5 Å². The van der Waals surface area contributed by atoms with E-state index in [9.17, 15) is 4.79 Å². The fraction of sp³-hybridized carbons (Fsp3) is 0.556. The van der Waals surface area contributed by atoms with Gasteiger partial charge in [-0.3, -0.25) is 0 Å². The fourth-order valence-electron chi connectivity index (χ4n) is 1.19. The molecule has 1 aliphatic rings. The Hall–Kier alpha value is -1.52. The molecule has 0 radical (unpaired) electrons. The van der Waals surface area contributed by atoms with Crippen molar-refractivity contribution < 1.29 is 4.79 Å². The number of urea groups is 1. The maximum absolute atomic E-state index is 11.5. The van der Waals surface area contributed by atoms with Crippen molar-refractivity contribution in [1.29, 1.82) is 0 Å². The molecule has 2 N–H and O–H groups in total. The second-order valence-electron chi connectivity index (χ2n) is 3.62. The Morgan fingerprint density at radius 1 is 1.79 bits per heavy atom. The molecule has 14 heavy (non-hydrogen) atoms. The van der Waals surface area contributed by atoms with E-state index in [4.69, 9.17) is 0 Å². The largest absolute Gasteiger partial charge is 0.347 e. The number of nitrogens with one attached hydrogen (secondary N) is 2. The summed E-state index contributed by atoms with van der Waals surface area (Å²) in [7, 11) is 1.76. The van der Waals surface area contributed by atoms with E-state index in [0.717, 1.165) is 18.7 Å². The van der Waals surface area contributed by atoms with Crippen molar-refractivity contribution in [2.24, 2.45) is 0 Å². The van der Waals surface area contributed by atoms with Gasteiger partial charge in [-0.25, -0.2) is 9.78 Å². The molecule has 1 aromatic rings. The summed E-state index contributed by atoms with van der Waals surface area (Å²) < 4.78 is 0. The molecule has 0 bridgehead atoms. The predicted octanol–water partition coefficient (Wildman–Crippen LogP) is 0.713. The molecule has 0 aliphatic heterocycles. The second-order valence-corrected chi connectivity index (χ2v) is 3.62. The lowest BCUT2D eigenvalue weighted by atomic mass is 10.5. The Kier molecular flexibility index (Phi) is 2.39. The normalized spacial score (nSPS) is 15.2. The van der Waals surface area contributed by atoms with Gasteiger partial charge < -0.3 is 15.2 Å². The Labute approximate surface area is 82.5 Å². The minimum Gasteiger partial charge on any atom is -0.347 e. The minimum atomic E-state index is -0.0242. The van der Waals surface area contributed by atoms with E-state index >= 15 is 0 Å². The maximum Gasteiger partial charge on any atom is 0.317 e. The van der Waals surface area contributed by atoms with Gasteiger partial charge in [-0.1, -0.05) is 0 Å². The van der Waals surface area contributed by atoms with Gasteiger partial charge in [-0.15, -0.1) is 0 Å². The summed E-state index contributed by atoms with van der Waals surface area (Å²) >= 11 is 0. The van der Waals surface area contributed by atoms with Gasteiger partial charge in [0.25, 0.3) is 0 Å². The first kappa shape index (κ1) is 9.05. The predicted molar refractivity (Wildman–Crippen MR) is 51.6 cm³/mol. The van der Waals surface area contributed by atoms with E-state index in [1.165, 1.54) is 0 Å². The van der Waals surface area contributed by atoms with Gasteiger partial charge in [-0.05, 0) is 12.8 Å². The van der Waals surface area contributed by atoms with E-state index in [1.54, 1.807) is 24.3 Å². The summed E-state index contributed by atoms with van der Waals surface area (Å²) in [4.78, 5) is 20.1. The molecular formula is C9H14N4O. The highest BCUT2D eigenvalue weighted by molar-refractivity contribution is 5.74. The number of amides is 2. The van der Waals surface area contributed by atoms with Crippen molar-refractivity contribution >= 4 is 6.03 Å². The molecule has 1 saturated carbocycles. The minimum absolute atomic E-state index is 0.0242. The summed E-state index contributed by atoms with van der Waals surface area (Å²) in [5.74, 6) is 0.804. The SMILES string of the molecule is CN(Cc1ncc[nH]1)C(=O)NC1CC1. The third kappa shape index (κ3) is 2.25. The molecule has 2 rings (SSSR count). The van der Waals surface area contributed by atoms with Crippen LogP contribution in [0.2, 0.25) is 0 Å². The van der Waals surface area contributed by atoms with Crippen LogP contribution in [-0.2, 0) is 6.54 Å². The number of carbonyl (C=O) groups is 1. The molecule has 1 aliphatic carbocycles. The number of imidazole rings is 1. The molecule has 1 aromatic heterocycles. The van der Waals surface area contributed by atoms with Crippen molar-refractivity contribution in [2.45, 2.75) is 25.4 Å². The van der Waals surface area contributed by atoms with Crippen molar-refractivity contribution in [3.8, 4) is 0 Å². The van der Waals surface area contributed by atoms with E-state index in [1.807, 2.05) is 0 Å². The maximum atomic E-state index is 11.5. The number of aromatic nitrogens is 2. The lowest BCUT2D eigenvalue weighted by Crippen LogP contribution is -2.38. The smallest absolute Gasteiger partial charge is 0.317 e. The topological polar surface area (TPSA) is 61.0 Å². The Balaban J connectivity index is 1.81. The lowest BCUT2D eigenvalue weighted by molar-refractivity contribution is 0.205. The standard InChI is InChI=1S/C9H14N4O/c1-13(6-8-10-4-5-11-8)9(14)12-7-2-3-7/h4-5,7H,2-3,6H2,1H3,(H,10,11)(H,12,14). The molecule has 0 spiro atoms. The van der Waals surface area contributed by atoms with E-state index < -0.39 is 0 Å². The number of carbonyl (C=O) groups excluding carboxylic acids is 1. The van der Waals surface area contributed by atoms with Crippen LogP contribution in [0.3, 0.4) is 0 Å². The second kappa shape index (κ2) is 3.69. The molecule has 5 heteroatoms. The summed E-state index contributed by atoms with van der Waals surface area (Å²) in [5.41, 5.74) is 0. The molecule has 0 saturated heterocycles. The number of rotatable bonds is 3. The van der Waals surface area contributed by atoms with Crippen LogP contribution in [0.25, 0.3) is 0 Å². The summed E-state index contributed by atoms with van der Waals surface area (Å²) in [6.45, 7) is 0.519. The van der Waals surface area contributed by atoms with Crippen molar-refractivity contribution in [1.82, 2.24) is 20.2 Å². The van der Waals surface area contributed by atoms with Gasteiger partial charge in [0.15, 0.2) is 0 Å². The summed E-state index contributed by atoms with van der Waals surface area (Å²) in [6, 6.07) is 0.380.